The number of carbonyl (C=O) groups is 1. The second kappa shape index (κ2) is 11.2. The molecule has 1 saturated heterocycles. The Bertz CT molecular complexity index is 1200. The minimum Gasteiger partial charge on any atom is -0.444 e. The van der Waals surface area contributed by atoms with Crippen molar-refractivity contribution in [3.8, 4) is 11.3 Å². The van der Waals surface area contributed by atoms with Gasteiger partial charge in [-0.05, 0) is 45.4 Å². The molecule has 0 bridgehead atoms. The van der Waals surface area contributed by atoms with Crippen LogP contribution in [0, 0.1) is 0 Å². The molecule has 0 saturated carbocycles. The molecule has 0 spiro atoms. The summed E-state index contributed by atoms with van der Waals surface area (Å²) in [5, 5.41) is 1.04. The summed E-state index contributed by atoms with van der Waals surface area (Å²) in [6.45, 7) is 16.8. The van der Waals surface area contributed by atoms with Gasteiger partial charge in [-0.3, -0.25) is 0 Å². The topological polar surface area (TPSA) is 85.6 Å². The van der Waals surface area contributed by atoms with Crippen molar-refractivity contribution in [2.75, 3.05) is 37.7 Å². The molecular formula is C27H40N6O3Si. The largest absolute Gasteiger partial charge is 0.444 e. The number of hydrogen-bond donors (Lipinski definition) is 0. The van der Waals surface area contributed by atoms with Gasteiger partial charge in [-0.15, -0.1) is 0 Å². The van der Waals surface area contributed by atoms with E-state index in [-0.39, 0.29) is 6.09 Å². The molecule has 0 aliphatic carbocycles. The average molecular weight is 525 g/mol. The van der Waals surface area contributed by atoms with Gasteiger partial charge < -0.3 is 23.8 Å². The smallest absolute Gasteiger partial charge is 0.410 e. The highest BCUT2D eigenvalue weighted by Crippen LogP contribution is 2.36. The first-order valence-corrected chi connectivity index (χ1v) is 16.8. The zero-order chi connectivity index (χ0) is 26.6. The van der Waals surface area contributed by atoms with Gasteiger partial charge in [0.2, 0.25) is 0 Å². The number of hydrogen-bond acceptors (Lipinski definition) is 7. The van der Waals surface area contributed by atoms with E-state index in [1.807, 2.05) is 37.9 Å². The summed E-state index contributed by atoms with van der Waals surface area (Å²) in [7, 11) is -1.17. The molecule has 1 amide bonds. The van der Waals surface area contributed by atoms with Gasteiger partial charge in [-0.2, -0.15) is 0 Å². The summed E-state index contributed by atoms with van der Waals surface area (Å²) in [5.41, 5.74) is 3.30. The number of amides is 1. The fraction of sp³-hybridized carbons (Fsp3) is 0.556. The zero-order valence-electron chi connectivity index (χ0n) is 23.0. The quantitative estimate of drug-likeness (QED) is 0.308. The third kappa shape index (κ3) is 7.07. The number of pyridine rings is 1. The van der Waals surface area contributed by atoms with Crippen LogP contribution in [0.15, 0.2) is 37.1 Å². The molecule has 200 valence electrons. The Balaban J connectivity index is 1.63. The average Bonchev–Trinajstić information content (AvgIpc) is 3.02. The normalized spacial score (nSPS) is 15.2. The van der Waals surface area contributed by atoms with Gasteiger partial charge in [0, 0.05) is 65.0 Å². The molecule has 0 N–H and O–H groups in total. The monoisotopic (exact) mass is 524 g/mol. The van der Waals surface area contributed by atoms with E-state index in [1.165, 1.54) is 0 Å². The first-order valence-electron chi connectivity index (χ1n) is 13.1. The number of anilines is 1. The number of nitrogens with zero attached hydrogens (tertiary/aromatic N) is 6. The van der Waals surface area contributed by atoms with Crippen molar-refractivity contribution in [3.05, 3.63) is 37.1 Å². The minimum atomic E-state index is -1.17. The van der Waals surface area contributed by atoms with E-state index in [1.54, 1.807) is 12.5 Å². The molecule has 3 aromatic heterocycles. The van der Waals surface area contributed by atoms with Crippen LogP contribution in [0.2, 0.25) is 25.7 Å². The van der Waals surface area contributed by atoms with Gasteiger partial charge in [-0.25, -0.2) is 19.7 Å². The minimum absolute atomic E-state index is 0.252. The van der Waals surface area contributed by atoms with Crippen LogP contribution >= 0.6 is 0 Å². The van der Waals surface area contributed by atoms with Crippen molar-refractivity contribution in [2.24, 2.45) is 0 Å². The Morgan fingerprint density at radius 1 is 1.05 bits per heavy atom. The number of rotatable bonds is 7. The molecule has 0 radical (unpaired) electrons. The van der Waals surface area contributed by atoms with Gasteiger partial charge in [0.05, 0.1) is 16.8 Å². The van der Waals surface area contributed by atoms with Gasteiger partial charge in [0.1, 0.15) is 24.3 Å². The fourth-order valence-corrected chi connectivity index (χ4v) is 5.17. The number of fused-ring (bicyclic) bond motifs is 1. The molecule has 9 nitrogen and oxygen atoms in total. The van der Waals surface area contributed by atoms with Crippen LogP contribution in [0.4, 0.5) is 10.5 Å². The van der Waals surface area contributed by atoms with Crippen molar-refractivity contribution in [3.63, 3.8) is 0 Å². The van der Waals surface area contributed by atoms with E-state index in [0.29, 0.717) is 26.4 Å². The highest BCUT2D eigenvalue weighted by Gasteiger charge is 2.26. The number of ether oxygens (including phenoxy) is 2. The third-order valence-electron chi connectivity index (χ3n) is 6.31. The summed E-state index contributed by atoms with van der Waals surface area (Å²) >= 11 is 0. The number of carbonyl (C=O) groups excluding carboxylic acids is 1. The Kier molecular flexibility index (Phi) is 8.18. The van der Waals surface area contributed by atoms with Crippen LogP contribution in [0.25, 0.3) is 22.3 Å². The lowest BCUT2D eigenvalue weighted by molar-refractivity contribution is 0.0263. The molecule has 0 aromatic carbocycles. The maximum absolute atomic E-state index is 12.7. The predicted octanol–water partition coefficient (Wildman–Crippen LogP) is 5.25. The van der Waals surface area contributed by atoms with Crippen molar-refractivity contribution < 1.29 is 14.3 Å². The predicted molar refractivity (Wildman–Crippen MR) is 150 cm³/mol. The van der Waals surface area contributed by atoms with Crippen molar-refractivity contribution in [1.29, 1.82) is 0 Å². The van der Waals surface area contributed by atoms with Crippen LogP contribution in [0.5, 0.6) is 0 Å². The van der Waals surface area contributed by atoms with E-state index in [0.717, 1.165) is 53.6 Å². The van der Waals surface area contributed by atoms with Crippen molar-refractivity contribution in [2.45, 2.75) is 65.2 Å². The molecule has 1 aliphatic rings. The maximum atomic E-state index is 12.7. The molecule has 0 unspecified atom stereocenters. The van der Waals surface area contributed by atoms with E-state index < -0.39 is 13.7 Å². The SMILES string of the molecule is CC(C)(C)OC(=O)N1CCCN(c2ccnc3c2c(-c2ccncn2)cn3COCC[Si](C)(C)C)CC1. The zero-order valence-corrected chi connectivity index (χ0v) is 24.0. The fourth-order valence-electron chi connectivity index (χ4n) is 4.41. The van der Waals surface area contributed by atoms with Crippen molar-refractivity contribution >= 4 is 30.9 Å². The van der Waals surface area contributed by atoms with Crippen LogP contribution < -0.4 is 4.90 Å². The van der Waals surface area contributed by atoms with Gasteiger partial charge in [-0.1, -0.05) is 19.6 Å². The first-order chi connectivity index (χ1) is 17.5. The number of aromatic nitrogens is 4. The van der Waals surface area contributed by atoms with E-state index in [9.17, 15) is 4.79 Å². The Morgan fingerprint density at radius 2 is 1.86 bits per heavy atom. The van der Waals surface area contributed by atoms with Crippen LogP contribution in [0.1, 0.15) is 27.2 Å². The summed E-state index contributed by atoms with van der Waals surface area (Å²) in [5.74, 6) is 0. The Hall–Kier alpha value is -2.98. The van der Waals surface area contributed by atoms with Gasteiger partial charge >= 0.3 is 6.09 Å². The summed E-state index contributed by atoms with van der Waals surface area (Å²) in [6, 6.07) is 5.10. The molecule has 4 heterocycles. The molecular weight excluding hydrogens is 484 g/mol. The first kappa shape index (κ1) is 27.1. The van der Waals surface area contributed by atoms with E-state index in [2.05, 4.69) is 51.3 Å². The summed E-state index contributed by atoms with van der Waals surface area (Å²) < 4.78 is 13.8. The molecule has 37 heavy (non-hydrogen) atoms. The Labute approximate surface area is 220 Å². The lowest BCUT2D eigenvalue weighted by Gasteiger charge is -2.27. The summed E-state index contributed by atoms with van der Waals surface area (Å²) in [6.07, 6.45) is 7.88. The Morgan fingerprint density at radius 3 is 2.57 bits per heavy atom. The second-order valence-electron chi connectivity index (χ2n) is 11.8. The molecule has 3 aromatic rings. The van der Waals surface area contributed by atoms with Crippen LogP contribution in [-0.4, -0.2) is 77.0 Å². The van der Waals surface area contributed by atoms with Crippen molar-refractivity contribution in [1.82, 2.24) is 24.4 Å². The maximum Gasteiger partial charge on any atom is 0.410 e. The molecule has 10 heteroatoms. The van der Waals surface area contributed by atoms with E-state index in [4.69, 9.17) is 14.5 Å². The standard InChI is InChI=1S/C27H40N6O3Si/c1-27(2,3)36-26(34)32-13-7-12-31(14-15-32)23-9-11-29-25-24(23)21(22-8-10-28-19-30-22)18-33(25)20-35-16-17-37(4,5)6/h8-11,18-19H,7,12-17,20H2,1-6H3. The molecule has 1 fully saturated rings. The highest BCUT2D eigenvalue weighted by atomic mass is 28.3. The summed E-state index contributed by atoms with van der Waals surface area (Å²) in [4.78, 5) is 30.2. The molecule has 0 atom stereocenters. The third-order valence-corrected chi connectivity index (χ3v) is 8.01. The van der Waals surface area contributed by atoms with E-state index >= 15 is 0 Å². The van der Waals surface area contributed by atoms with Crippen LogP contribution in [-0.2, 0) is 16.2 Å². The second-order valence-corrected chi connectivity index (χ2v) is 17.4. The highest BCUT2D eigenvalue weighted by molar-refractivity contribution is 6.76. The molecule has 1 aliphatic heterocycles. The molecule has 4 rings (SSSR count). The van der Waals surface area contributed by atoms with Crippen LogP contribution in [0.3, 0.4) is 0 Å². The van der Waals surface area contributed by atoms with Gasteiger partial charge in [0.15, 0.2) is 0 Å². The lowest BCUT2D eigenvalue weighted by Crippen LogP contribution is -2.39. The lowest BCUT2D eigenvalue weighted by atomic mass is 10.1. The van der Waals surface area contributed by atoms with Gasteiger partial charge in [0.25, 0.3) is 0 Å².